The Kier molecular flexibility index (Phi) is 16.2. The van der Waals surface area contributed by atoms with Gasteiger partial charge >= 0.3 is 18.1 Å². The molecule has 12 nitrogen and oxygen atoms in total. The highest BCUT2D eigenvalue weighted by atomic mass is 19.4. The third-order valence-electron chi connectivity index (χ3n) is 7.70. The van der Waals surface area contributed by atoms with E-state index < -0.39 is 30.1 Å². The molecule has 0 fully saturated rings. The summed E-state index contributed by atoms with van der Waals surface area (Å²) in [5, 5.41) is 22.4. The summed E-state index contributed by atoms with van der Waals surface area (Å²) in [6, 6.07) is 29.1. The molecule has 0 saturated heterocycles. The molecule has 0 unspecified atom stereocenters. The summed E-state index contributed by atoms with van der Waals surface area (Å²) >= 11 is 0. The van der Waals surface area contributed by atoms with Crippen LogP contribution in [-0.2, 0) is 43.3 Å². The minimum absolute atomic E-state index is 0.0182. The van der Waals surface area contributed by atoms with Gasteiger partial charge in [-0.1, -0.05) is 78.9 Å². The lowest BCUT2D eigenvalue weighted by Gasteiger charge is -2.31. The number of halogens is 3. The molecule has 4 aromatic carbocycles. The fourth-order valence-electron chi connectivity index (χ4n) is 5.15. The van der Waals surface area contributed by atoms with Crippen molar-refractivity contribution in [2.45, 2.75) is 38.5 Å². The molecule has 4 rings (SSSR count). The number of esters is 1. The van der Waals surface area contributed by atoms with Crippen LogP contribution in [0.1, 0.15) is 34.0 Å². The molecule has 0 aliphatic rings. The number of amides is 3. The Morgan fingerprint density at radius 2 is 1.46 bits per heavy atom. The number of ether oxygens (including phenoxy) is 1. The van der Waals surface area contributed by atoms with E-state index in [1.54, 1.807) is 31.2 Å². The minimum atomic E-state index is -5.08. The first-order chi connectivity index (χ1) is 25.7. The number of benzene rings is 4. The summed E-state index contributed by atoms with van der Waals surface area (Å²) in [6.45, 7) is 2.13. The maximum absolute atomic E-state index is 13.9. The van der Waals surface area contributed by atoms with Crippen molar-refractivity contribution in [1.82, 2.24) is 15.5 Å². The first kappa shape index (κ1) is 42.2. The molecule has 0 heterocycles. The molecule has 0 aromatic heterocycles. The Balaban J connectivity index is 0.00000102. The first-order valence-electron chi connectivity index (χ1n) is 16.7. The smallest absolute Gasteiger partial charge is 0.490 e. The van der Waals surface area contributed by atoms with Crippen LogP contribution in [0.3, 0.4) is 0 Å². The Morgan fingerprint density at radius 1 is 0.833 bits per heavy atom. The molecule has 286 valence electrons. The van der Waals surface area contributed by atoms with Gasteiger partial charge in [-0.3, -0.25) is 14.4 Å². The van der Waals surface area contributed by atoms with Crippen molar-refractivity contribution in [1.29, 1.82) is 0 Å². The lowest BCUT2D eigenvalue weighted by atomic mass is 9.97. The molecular formula is C39H41F3N4O8. The van der Waals surface area contributed by atoms with E-state index in [2.05, 4.69) is 10.6 Å². The number of hydrogen-bond donors (Lipinski definition) is 5. The van der Waals surface area contributed by atoms with E-state index in [4.69, 9.17) is 20.4 Å². The molecule has 0 aliphatic heterocycles. The van der Waals surface area contributed by atoms with Crippen molar-refractivity contribution in [3.8, 4) is 16.9 Å². The number of carbonyl (C=O) groups is 5. The monoisotopic (exact) mass is 750 g/mol. The van der Waals surface area contributed by atoms with E-state index in [-0.39, 0.29) is 50.1 Å². The maximum atomic E-state index is 13.9. The summed E-state index contributed by atoms with van der Waals surface area (Å²) < 4.78 is 37.2. The lowest BCUT2D eigenvalue weighted by Crippen LogP contribution is -2.50. The number of phenols is 1. The molecule has 15 heteroatoms. The zero-order valence-electron chi connectivity index (χ0n) is 29.3. The topological polar surface area (TPSA) is 188 Å². The number of phenolic OH excluding ortho intramolecular Hbond substituents is 1. The first-order valence-corrected chi connectivity index (χ1v) is 16.7. The average molecular weight is 751 g/mol. The quantitative estimate of drug-likeness (QED) is 0.111. The predicted molar refractivity (Wildman–Crippen MR) is 193 cm³/mol. The van der Waals surface area contributed by atoms with Gasteiger partial charge in [-0.2, -0.15) is 13.2 Å². The van der Waals surface area contributed by atoms with Crippen LogP contribution in [0.5, 0.6) is 5.75 Å². The van der Waals surface area contributed by atoms with Gasteiger partial charge in [-0.15, -0.1) is 0 Å². The number of carboxylic acid groups (broad SMARTS) is 1. The second-order valence-electron chi connectivity index (χ2n) is 11.7. The van der Waals surface area contributed by atoms with Crippen LogP contribution in [0.25, 0.3) is 11.1 Å². The van der Waals surface area contributed by atoms with E-state index >= 15 is 0 Å². The van der Waals surface area contributed by atoms with E-state index in [0.29, 0.717) is 35.3 Å². The van der Waals surface area contributed by atoms with Crippen molar-refractivity contribution in [2.75, 3.05) is 26.2 Å². The molecule has 0 aliphatic carbocycles. The van der Waals surface area contributed by atoms with Crippen LogP contribution in [0.2, 0.25) is 0 Å². The molecule has 4 aromatic rings. The number of aromatic hydroxyl groups is 1. The normalized spacial score (nSPS) is 11.3. The Labute approximate surface area is 309 Å². The molecule has 54 heavy (non-hydrogen) atoms. The number of hydrogen-bond acceptors (Lipinski definition) is 8. The second-order valence-corrected chi connectivity index (χ2v) is 11.7. The zero-order chi connectivity index (χ0) is 39.7. The van der Waals surface area contributed by atoms with Crippen LogP contribution < -0.4 is 16.4 Å². The summed E-state index contributed by atoms with van der Waals surface area (Å²) in [6.07, 6.45) is -4.87. The van der Waals surface area contributed by atoms with Crippen molar-refractivity contribution in [2.24, 2.45) is 5.73 Å². The minimum Gasteiger partial charge on any atom is -0.508 e. The molecule has 0 radical (unpaired) electrons. The van der Waals surface area contributed by atoms with Crippen molar-refractivity contribution in [3.05, 3.63) is 125 Å². The number of carboxylic acids is 1. The molecule has 1 atom stereocenters. The van der Waals surface area contributed by atoms with Crippen molar-refractivity contribution >= 4 is 29.7 Å². The van der Waals surface area contributed by atoms with Crippen molar-refractivity contribution in [3.63, 3.8) is 0 Å². The number of nitrogens with two attached hydrogens (primary N) is 1. The predicted octanol–water partition coefficient (Wildman–Crippen LogP) is 4.24. The van der Waals surface area contributed by atoms with Crippen LogP contribution in [0.4, 0.5) is 13.2 Å². The number of aliphatic carboxylic acids is 1. The highest BCUT2D eigenvalue weighted by Gasteiger charge is 2.38. The highest BCUT2D eigenvalue weighted by Crippen LogP contribution is 2.26. The van der Waals surface area contributed by atoms with E-state index in [1.807, 2.05) is 66.7 Å². The molecule has 0 bridgehead atoms. The van der Waals surface area contributed by atoms with Gasteiger partial charge in [-0.25, -0.2) is 9.59 Å². The fourth-order valence-corrected chi connectivity index (χ4v) is 5.15. The SMILES string of the molecule is CCOC(=O)[C@H](Cc1ccc(O)cc1)N(Cc1cccc(-c2ccccc2C(=O)NCCN)c1)C(=O)CNC(=O)Cc1ccccc1.O=C(O)C(F)(F)F. The molecule has 3 amide bonds. The van der Waals surface area contributed by atoms with Gasteiger partial charge < -0.3 is 36.2 Å². The van der Waals surface area contributed by atoms with Gasteiger partial charge in [0.2, 0.25) is 11.8 Å². The maximum Gasteiger partial charge on any atom is 0.490 e. The summed E-state index contributed by atoms with van der Waals surface area (Å²) in [7, 11) is 0. The van der Waals surface area contributed by atoms with Gasteiger partial charge in [0, 0.05) is 31.6 Å². The lowest BCUT2D eigenvalue weighted by molar-refractivity contribution is -0.192. The molecule has 6 N–H and O–H groups in total. The van der Waals surface area contributed by atoms with Crippen molar-refractivity contribution < 1.29 is 52.1 Å². The fraction of sp³-hybridized carbons (Fsp3) is 0.256. The van der Waals surface area contributed by atoms with Gasteiger partial charge in [0.25, 0.3) is 5.91 Å². The Bertz CT molecular complexity index is 1870. The van der Waals surface area contributed by atoms with Gasteiger partial charge in [0.05, 0.1) is 19.6 Å². The Hall–Kier alpha value is -6.22. The summed E-state index contributed by atoms with van der Waals surface area (Å²) in [4.78, 5) is 63.3. The number of rotatable bonds is 15. The third kappa shape index (κ3) is 13.4. The Morgan fingerprint density at radius 3 is 2.09 bits per heavy atom. The number of alkyl halides is 3. The zero-order valence-corrected chi connectivity index (χ0v) is 29.3. The largest absolute Gasteiger partial charge is 0.508 e. The molecule has 0 saturated carbocycles. The average Bonchev–Trinajstić information content (AvgIpc) is 3.15. The molecule has 0 spiro atoms. The molecular weight excluding hydrogens is 709 g/mol. The van der Waals surface area contributed by atoms with Crippen LogP contribution in [0.15, 0.2) is 103 Å². The standard InChI is InChI=1S/C37H40N4O6.C2HF3O2/c1-2-47-37(46)33(22-27-15-17-30(42)18-16-27)41(35(44)24-40-34(43)23-26-9-4-3-5-10-26)25-28-11-8-12-29(21-28)31-13-6-7-14-32(31)36(45)39-20-19-38;3-2(4,5)1(6)7/h3-18,21,33,42H,2,19-20,22-25,38H2,1H3,(H,39,45)(H,40,43);(H,6,7)/t33-;/m0./s1. The van der Waals surface area contributed by atoms with Gasteiger partial charge in [0.1, 0.15) is 11.8 Å². The summed E-state index contributed by atoms with van der Waals surface area (Å²) in [5.74, 6) is -4.34. The van der Waals surface area contributed by atoms with E-state index in [0.717, 1.165) is 11.1 Å². The number of nitrogens with zero attached hydrogens (tertiary/aromatic N) is 1. The van der Waals surface area contributed by atoms with Crippen LogP contribution in [-0.4, -0.2) is 83.2 Å². The van der Waals surface area contributed by atoms with E-state index in [9.17, 15) is 37.5 Å². The van der Waals surface area contributed by atoms with Crippen LogP contribution >= 0.6 is 0 Å². The second kappa shape index (κ2) is 20.7. The number of nitrogens with one attached hydrogen (secondary N) is 2. The van der Waals surface area contributed by atoms with Crippen LogP contribution in [0, 0.1) is 0 Å². The van der Waals surface area contributed by atoms with E-state index in [1.165, 1.54) is 17.0 Å². The summed E-state index contributed by atoms with van der Waals surface area (Å²) in [5.41, 5.74) is 9.70. The highest BCUT2D eigenvalue weighted by molar-refractivity contribution is 6.01. The number of carbonyl (C=O) groups excluding carboxylic acids is 4. The third-order valence-corrected chi connectivity index (χ3v) is 7.70. The van der Waals surface area contributed by atoms with Gasteiger partial charge in [-0.05, 0) is 59.0 Å². The van der Waals surface area contributed by atoms with Gasteiger partial charge in [0.15, 0.2) is 0 Å².